The first-order chi connectivity index (χ1) is 7.58. The molecule has 0 spiro atoms. The molecule has 0 aromatic heterocycles. The second kappa shape index (κ2) is 6.19. The summed E-state index contributed by atoms with van der Waals surface area (Å²) in [4.78, 5) is 21.5. The van der Waals surface area contributed by atoms with Gasteiger partial charge in [0.25, 0.3) is 0 Å². The molecule has 0 amide bonds. The van der Waals surface area contributed by atoms with Gasteiger partial charge in [-0.15, -0.1) is 0 Å². The largest absolute Gasteiger partial charge is 0.469 e. The normalized spacial score (nSPS) is 26.6. The van der Waals surface area contributed by atoms with Crippen LogP contribution in [0.15, 0.2) is 9.78 Å². The fraction of sp³-hybridized carbons (Fsp3) is 0.600. The summed E-state index contributed by atoms with van der Waals surface area (Å²) in [5, 5.41) is 3.13. The Morgan fingerprint density at radius 3 is 2.75 bits per heavy atom. The molecule has 90 valence electrons. The monoisotopic (exact) mass is 338 g/mol. The predicted octanol–water partition coefficient (Wildman–Crippen LogP) is 0.330. The van der Waals surface area contributed by atoms with E-state index in [-0.39, 0.29) is 17.9 Å². The molecule has 16 heavy (non-hydrogen) atoms. The molecule has 3 N–H and O–H groups in total. The first-order valence-corrected chi connectivity index (χ1v) is 6.06. The standard InChI is InChI=1S/C10H15IN2O3/c1-16-10(15)6-2-7(3-6)13-4-8(11)9(12)5-14/h4-7,9,13H,2-3,12H2,1H3/b8-4+. The molecule has 0 aliphatic heterocycles. The van der Waals surface area contributed by atoms with E-state index in [1.165, 1.54) is 7.11 Å². The molecule has 1 aliphatic carbocycles. The summed E-state index contributed by atoms with van der Waals surface area (Å²) in [5.74, 6) is -0.144. The molecule has 1 saturated carbocycles. The Morgan fingerprint density at radius 1 is 1.62 bits per heavy atom. The maximum atomic E-state index is 11.1. The van der Waals surface area contributed by atoms with Gasteiger partial charge in [0.05, 0.1) is 19.1 Å². The van der Waals surface area contributed by atoms with E-state index in [9.17, 15) is 9.59 Å². The van der Waals surface area contributed by atoms with Crippen molar-refractivity contribution in [2.24, 2.45) is 11.7 Å². The van der Waals surface area contributed by atoms with E-state index in [0.29, 0.717) is 6.29 Å². The van der Waals surface area contributed by atoms with Crippen molar-refractivity contribution >= 4 is 34.8 Å². The highest BCUT2D eigenvalue weighted by Gasteiger charge is 2.34. The van der Waals surface area contributed by atoms with Crippen molar-refractivity contribution in [2.75, 3.05) is 7.11 Å². The average Bonchev–Trinajstić information content (AvgIpc) is 2.24. The highest BCUT2D eigenvalue weighted by atomic mass is 127. The van der Waals surface area contributed by atoms with Crippen LogP contribution in [0.25, 0.3) is 0 Å². The van der Waals surface area contributed by atoms with Gasteiger partial charge in [0, 0.05) is 15.8 Å². The molecule has 0 saturated heterocycles. The van der Waals surface area contributed by atoms with Gasteiger partial charge < -0.3 is 20.6 Å². The number of hydrogen-bond acceptors (Lipinski definition) is 5. The van der Waals surface area contributed by atoms with Crippen molar-refractivity contribution in [3.8, 4) is 0 Å². The first-order valence-electron chi connectivity index (χ1n) is 4.98. The minimum absolute atomic E-state index is 0.00769. The Kier molecular flexibility index (Phi) is 5.20. The van der Waals surface area contributed by atoms with Gasteiger partial charge in [-0.25, -0.2) is 0 Å². The number of nitrogens with two attached hydrogens (primary N) is 1. The van der Waals surface area contributed by atoms with Crippen LogP contribution in [-0.4, -0.2) is 31.4 Å². The van der Waals surface area contributed by atoms with Crippen LogP contribution in [0, 0.1) is 5.92 Å². The molecule has 0 aromatic rings. The topological polar surface area (TPSA) is 81.4 Å². The maximum Gasteiger partial charge on any atom is 0.308 e. The summed E-state index contributed by atoms with van der Waals surface area (Å²) in [6.07, 6.45) is 3.96. The number of methoxy groups -OCH3 is 1. The highest BCUT2D eigenvalue weighted by molar-refractivity contribution is 14.1. The molecule has 1 rings (SSSR count). The van der Waals surface area contributed by atoms with E-state index < -0.39 is 6.04 Å². The zero-order chi connectivity index (χ0) is 12.1. The Morgan fingerprint density at radius 2 is 2.25 bits per heavy atom. The Labute approximate surface area is 108 Å². The lowest BCUT2D eigenvalue weighted by Crippen LogP contribution is -2.42. The first kappa shape index (κ1) is 13.4. The van der Waals surface area contributed by atoms with Crippen molar-refractivity contribution in [1.29, 1.82) is 0 Å². The van der Waals surface area contributed by atoms with Crippen LogP contribution < -0.4 is 11.1 Å². The number of halogens is 1. The summed E-state index contributed by atoms with van der Waals surface area (Å²) in [6.45, 7) is 0. The van der Waals surface area contributed by atoms with Gasteiger partial charge >= 0.3 is 5.97 Å². The van der Waals surface area contributed by atoms with Gasteiger partial charge in [0.15, 0.2) is 0 Å². The van der Waals surface area contributed by atoms with Crippen molar-refractivity contribution in [3.63, 3.8) is 0 Å². The molecule has 0 aromatic carbocycles. The molecular formula is C10H15IN2O3. The van der Waals surface area contributed by atoms with Crippen molar-refractivity contribution in [3.05, 3.63) is 9.78 Å². The van der Waals surface area contributed by atoms with E-state index in [4.69, 9.17) is 5.73 Å². The third-order valence-electron chi connectivity index (χ3n) is 2.59. The maximum absolute atomic E-state index is 11.1. The van der Waals surface area contributed by atoms with Crippen molar-refractivity contribution < 1.29 is 14.3 Å². The number of esters is 1. The van der Waals surface area contributed by atoms with Crippen LogP contribution in [-0.2, 0) is 14.3 Å². The van der Waals surface area contributed by atoms with Crippen LogP contribution in [0.3, 0.4) is 0 Å². The zero-order valence-electron chi connectivity index (χ0n) is 8.98. The number of hydrogen-bond donors (Lipinski definition) is 2. The molecule has 6 heteroatoms. The number of nitrogens with one attached hydrogen (secondary N) is 1. The quantitative estimate of drug-likeness (QED) is 0.429. The zero-order valence-corrected chi connectivity index (χ0v) is 11.1. The van der Waals surface area contributed by atoms with E-state index in [1.807, 2.05) is 22.6 Å². The van der Waals surface area contributed by atoms with Gasteiger partial charge in [-0.3, -0.25) is 4.79 Å². The molecule has 1 atom stereocenters. The smallest absolute Gasteiger partial charge is 0.308 e. The summed E-state index contributed by atoms with van der Waals surface area (Å²) < 4.78 is 5.39. The van der Waals surface area contributed by atoms with Gasteiger partial charge in [-0.1, -0.05) is 0 Å². The third-order valence-corrected chi connectivity index (χ3v) is 3.63. The van der Waals surface area contributed by atoms with E-state index in [2.05, 4.69) is 10.1 Å². The fourth-order valence-electron chi connectivity index (χ4n) is 1.47. The lowest BCUT2D eigenvalue weighted by atomic mass is 9.80. The number of ether oxygens (including phenoxy) is 1. The van der Waals surface area contributed by atoms with Gasteiger partial charge in [0.1, 0.15) is 6.29 Å². The fourth-order valence-corrected chi connectivity index (χ4v) is 1.80. The van der Waals surface area contributed by atoms with E-state index in [0.717, 1.165) is 16.4 Å². The van der Waals surface area contributed by atoms with Crippen LogP contribution in [0.5, 0.6) is 0 Å². The van der Waals surface area contributed by atoms with Crippen molar-refractivity contribution in [1.82, 2.24) is 5.32 Å². The molecule has 1 fully saturated rings. The van der Waals surface area contributed by atoms with Gasteiger partial charge in [0.2, 0.25) is 0 Å². The van der Waals surface area contributed by atoms with E-state index >= 15 is 0 Å². The summed E-state index contributed by atoms with van der Waals surface area (Å²) in [5.41, 5.74) is 5.50. The lowest BCUT2D eigenvalue weighted by molar-refractivity contribution is -0.149. The molecule has 1 unspecified atom stereocenters. The summed E-state index contributed by atoms with van der Waals surface area (Å²) in [7, 11) is 1.40. The summed E-state index contributed by atoms with van der Waals surface area (Å²) in [6, 6.07) is -0.294. The molecular weight excluding hydrogens is 323 g/mol. The second-order valence-electron chi connectivity index (χ2n) is 3.75. The Hall–Kier alpha value is -0.630. The van der Waals surface area contributed by atoms with Crippen LogP contribution in [0.1, 0.15) is 12.8 Å². The van der Waals surface area contributed by atoms with E-state index in [1.54, 1.807) is 6.20 Å². The Bertz CT molecular complexity index is 300. The lowest BCUT2D eigenvalue weighted by Gasteiger charge is -2.33. The minimum atomic E-state index is -0.565. The molecule has 0 bridgehead atoms. The molecule has 0 radical (unpaired) electrons. The minimum Gasteiger partial charge on any atom is -0.469 e. The molecule has 5 nitrogen and oxygen atoms in total. The highest BCUT2D eigenvalue weighted by Crippen LogP contribution is 2.28. The molecule has 1 aliphatic rings. The predicted molar refractivity (Wildman–Crippen MR) is 67.8 cm³/mol. The molecule has 0 heterocycles. The van der Waals surface area contributed by atoms with Crippen LogP contribution >= 0.6 is 22.6 Å². The number of carbonyl (C=O) groups excluding carboxylic acids is 2. The van der Waals surface area contributed by atoms with Crippen LogP contribution in [0.2, 0.25) is 0 Å². The Balaban J connectivity index is 2.28. The van der Waals surface area contributed by atoms with Crippen LogP contribution in [0.4, 0.5) is 0 Å². The third kappa shape index (κ3) is 3.44. The summed E-state index contributed by atoms with van der Waals surface area (Å²) >= 11 is 2.02. The second-order valence-corrected chi connectivity index (χ2v) is 4.99. The average molecular weight is 338 g/mol. The number of carbonyl (C=O) groups is 2. The number of rotatable bonds is 5. The SMILES string of the molecule is COC(=O)C1CC(N/C=C(/I)C(N)C=O)C1. The van der Waals surface area contributed by atoms with Gasteiger partial charge in [-0.2, -0.15) is 0 Å². The van der Waals surface area contributed by atoms with Gasteiger partial charge in [-0.05, 0) is 35.4 Å². The number of aldehydes is 1. The van der Waals surface area contributed by atoms with Crippen molar-refractivity contribution in [2.45, 2.75) is 24.9 Å².